The Balaban J connectivity index is 1.53. The average molecular weight is 296 g/mol. The highest BCUT2D eigenvalue weighted by atomic mass is 16.5. The van der Waals surface area contributed by atoms with Crippen molar-refractivity contribution in [2.45, 2.75) is 25.8 Å². The van der Waals surface area contributed by atoms with Crippen LogP contribution in [0.4, 0.5) is 0 Å². The first kappa shape index (κ1) is 14.6. The first-order valence-electron chi connectivity index (χ1n) is 7.60. The maximum Gasteiger partial charge on any atom is 0.260 e. The van der Waals surface area contributed by atoms with E-state index in [0.717, 1.165) is 24.2 Å². The lowest BCUT2D eigenvalue weighted by molar-refractivity contribution is -0.132. The minimum Gasteiger partial charge on any atom is -0.484 e. The predicted octanol–water partition coefficient (Wildman–Crippen LogP) is 2.61. The van der Waals surface area contributed by atoms with Crippen LogP contribution < -0.4 is 4.74 Å². The summed E-state index contributed by atoms with van der Waals surface area (Å²) in [5, 5.41) is 0. The molecular weight excluding hydrogens is 276 g/mol. The third kappa shape index (κ3) is 3.45. The van der Waals surface area contributed by atoms with Gasteiger partial charge in [-0.25, -0.2) is 0 Å². The molecule has 0 N–H and O–H groups in total. The van der Waals surface area contributed by atoms with Gasteiger partial charge in [0.25, 0.3) is 5.91 Å². The van der Waals surface area contributed by atoms with Crippen LogP contribution in [0.5, 0.6) is 5.75 Å². The number of nitrogens with zero attached hydrogens (tertiary/aromatic N) is 2. The first-order valence-corrected chi connectivity index (χ1v) is 7.60. The van der Waals surface area contributed by atoms with Crippen molar-refractivity contribution in [1.29, 1.82) is 0 Å². The molecule has 1 aromatic heterocycles. The molecule has 0 unspecified atom stereocenters. The van der Waals surface area contributed by atoms with Crippen molar-refractivity contribution in [3.63, 3.8) is 0 Å². The molecule has 0 aliphatic heterocycles. The zero-order valence-corrected chi connectivity index (χ0v) is 12.8. The zero-order valence-electron chi connectivity index (χ0n) is 12.8. The maximum absolute atomic E-state index is 12.1. The average Bonchev–Trinajstić information content (AvgIpc) is 3.01. The number of rotatable bonds is 5. The standard InChI is InChI=1S/C18H20N2O2/c1-20(12-14-4-3-9-19-11-14)18(21)13-22-17-8-7-15-5-2-6-16(15)10-17/h3-4,7-11H,2,5-6,12-13H2,1H3. The molecule has 1 amide bonds. The molecule has 3 rings (SSSR count). The molecule has 0 radical (unpaired) electrons. The summed E-state index contributed by atoms with van der Waals surface area (Å²) < 4.78 is 5.65. The molecule has 2 aromatic rings. The second-order valence-corrected chi connectivity index (χ2v) is 5.68. The van der Waals surface area contributed by atoms with Crippen LogP contribution in [-0.4, -0.2) is 29.4 Å². The van der Waals surface area contributed by atoms with E-state index in [1.807, 2.05) is 18.2 Å². The minimum atomic E-state index is -0.0376. The molecular formula is C18H20N2O2. The van der Waals surface area contributed by atoms with Gasteiger partial charge in [-0.3, -0.25) is 9.78 Å². The Morgan fingerprint density at radius 2 is 2.14 bits per heavy atom. The largest absolute Gasteiger partial charge is 0.484 e. The maximum atomic E-state index is 12.1. The van der Waals surface area contributed by atoms with Crippen LogP contribution in [-0.2, 0) is 24.2 Å². The van der Waals surface area contributed by atoms with Gasteiger partial charge in [-0.1, -0.05) is 12.1 Å². The molecule has 1 aliphatic carbocycles. The fraction of sp³-hybridized carbons (Fsp3) is 0.333. The second kappa shape index (κ2) is 6.60. The number of pyridine rings is 1. The molecule has 0 bridgehead atoms. The molecule has 0 saturated carbocycles. The third-order valence-corrected chi connectivity index (χ3v) is 4.00. The van der Waals surface area contributed by atoms with E-state index in [1.165, 1.54) is 17.5 Å². The summed E-state index contributed by atoms with van der Waals surface area (Å²) in [6.45, 7) is 0.607. The highest BCUT2D eigenvalue weighted by Gasteiger charge is 2.13. The summed E-state index contributed by atoms with van der Waals surface area (Å²) in [7, 11) is 1.78. The van der Waals surface area contributed by atoms with Crippen molar-refractivity contribution in [3.8, 4) is 5.75 Å². The topological polar surface area (TPSA) is 42.4 Å². The van der Waals surface area contributed by atoms with Gasteiger partial charge in [0.05, 0.1) is 0 Å². The number of hydrogen-bond acceptors (Lipinski definition) is 3. The lowest BCUT2D eigenvalue weighted by Crippen LogP contribution is -2.31. The molecule has 4 nitrogen and oxygen atoms in total. The summed E-state index contributed by atoms with van der Waals surface area (Å²) in [5.74, 6) is 0.744. The van der Waals surface area contributed by atoms with Gasteiger partial charge >= 0.3 is 0 Å². The number of aryl methyl sites for hydroxylation is 2. The fourth-order valence-electron chi connectivity index (χ4n) is 2.75. The fourth-order valence-corrected chi connectivity index (χ4v) is 2.75. The van der Waals surface area contributed by atoms with Gasteiger partial charge in [0.1, 0.15) is 5.75 Å². The van der Waals surface area contributed by atoms with Gasteiger partial charge in [0.2, 0.25) is 0 Å². The number of carbonyl (C=O) groups is 1. The molecule has 1 aliphatic rings. The van der Waals surface area contributed by atoms with Crippen molar-refractivity contribution < 1.29 is 9.53 Å². The van der Waals surface area contributed by atoms with Gasteiger partial charge in [-0.05, 0) is 54.2 Å². The summed E-state index contributed by atoms with van der Waals surface area (Å²) >= 11 is 0. The normalized spacial score (nSPS) is 12.8. The molecule has 1 aromatic carbocycles. The number of amides is 1. The quantitative estimate of drug-likeness (QED) is 0.852. The molecule has 0 atom stereocenters. The molecule has 114 valence electrons. The number of likely N-dealkylation sites (N-methyl/N-ethyl adjacent to an activating group) is 1. The SMILES string of the molecule is CN(Cc1cccnc1)C(=O)COc1ccc2c(c1)CCC2. The molecule has 0 fully saturated rings. The summed E-state index contributed by atoms with van der Waals surface area (Å²) in [6, 6.07) is 9.96. The van der Waals surface area contributed by atoms with Crippen molar-refractivity contribution in [3.05, 3.63) is 59.4 Å². The Bertz CT molecular complexity index is 655. The van der Waals surface area contributed by atoms with Gasteiger partial charge in [0.15, 0.2) is 6.61 Å². The molecule has 22 heavy (non-hydrogen) atoms. The summed E-state index contributed by atoms with van der Waals surface area (Å²) in [4.78, 5) is 17.8. The number of hydrogen-bond donors (Lipinski definition) is 0. The van der Waals surface area contributed by atoms with E-state index in [4.69, 9.17) is 4.74 Å². The van der Waals surface area contributed by atoms with Crippen LogP contribution in [0.25, 0.3) is 0 Å². The number of carbonyl (C=O) groups excluding carboxylic acids is 1. The molecule has 4 heteroatoms. The van der Waals surface area contributed by atoms with Crippen molar-refractivity contribution >= 4 is 5.91 Å². The van der Waals surface area contributed by atoms with Crippen LogP contribution >= 0.6 is 0 Å². The van der Waals surface area contributed by atoms with Crippen LogP contribution in [0.2, 0.25) is 0 Å². The van der Waals surface area contributed by atoms with Crippen LogP contribution in [0.15, 0.2) is 42.7 Å². The van der Waals surface area contributed by atoms with E-state index in [2.05, 4.69) is 17.1 Å². The summed E-state index contributed by atoms with van der Waals surface area (Å²) in [6.07, 6.45) is 6.97. The van der Waals surface area contributed by atoms with E-state index in [0.29, 0.717) is 6.54 Å². The second-order valence-electron chi connectivity index (χ2n) is 5.68. The Kier molecular flexibility index (Phi) is 4.37. The number of benzene rings is 1. The van der Waals surface area contributed by atoms with Crippen LogP contribution in [0, 0.1) is 0 Å². The van der Waals surface area contributed by atoms with Crippen molar-refractivity contribution in [2.75, 3.05) is 13.7 Å². The lowest BCUT2D eigenvalue weighted by Gasteiger charge is -2.17. The lowest BCUT2D eigenvalue weighted by atomic mass is 10.1. The van der Waals surface area contributed by atoms with Gasteiger partial charge < -0.3 is 9.64 Å². The Labute approximate surface area is 130 Å². The van der Waals surface area contributed by atoms with Crippen LogP contribution in [0.1, 0.15) is 23.1 Å². The molecule has 1 heterocycles. The van der Waals surface area contributed by atoms with E-state index < -0.39 is 0 Å². The molecule has 0 saturated heterocycles. The Hall–Kier alpha value is -2.36. The van der Waals surface area contributed by atoms with Gasteiger partial charge in [0, 0.05) is 26.0 Å². The Morgan fingerprint density at radius 3 is 2.95 bits per heavy atom. The predicted molar refractivity (Wildman–Crippen MR) is 84.7 cm³/mol. The molecule has 0 spiro atoms. The zero-order chi connectivity index (χ0) is 15.4. The number of aromatic nitrogens is 1. The van der Waals surface area contributed by atoms with Crippen molar-refractivity contribution in [1.82, 2.24) is 9.88 Å². The monoisotopic (exact) mass is 296 g/mol. The van der Waals surface area contributed by atoms with Crippen molar-refractivity contribution in [2.24, 2.45) is 0 Å². The summed E-state index contributed by atoms with van der Waals surface area (Å²) in [5.41, 5.74) is 3.77. The van der Waals surface area contributed by atoms with E-state index in [1.54, 1.807) is 24.3 Å². The highest BCUT2D eigenvalue weighted by molar-refractivity contribution is 5.77. The van der Waals surface area contributed by atoms with Gasteiger partial charge in [-0.2, -0.15) is 0 Å². The van der Waals surface area contributed by atoms with E-state index >= 15 is 0 Å². The number of fused-ring (bicyclic) bond motifs is 1. The van der Waals surface area contributed by atoms with Crippen LogP contribution in [0.3, 0.4) is 0 Å². The number of ether oxygens (including phenoxy) is 1. The van der Waals surface area contributed by atoms with E-state index in [9.17, 15) is 4.79 Å². The highest BCUT2D eigenvalue weighted by Crippen LogP contribution is 2.25. The van der Waals surface area contributed by atoms with E-state index in [-0.39, 0.29) is 12.5 Å². The minimum absolute atomic E-state index is 0.0376. The smallest absolute Gasteiger partial charge is 0.260 e. The van der Waals surface area contributed by atoms with Gasteiger partial charge in [-0.15, -0.1) is 0 Å². The first-order chi connectivity index (χ1) is 10.7. The Morgan fingerprint density at radius 1 is 1.27 bits per heavy atom. The third-order valence-electron chi connectivity index (χ3n) is 4.00.